The highest BCUT2D eigenvalue weighted by Crippen LogP contribution is 2.35. The number of nitrogens with zero attached hydrogens (tertiary/aromatic N) is 1. The van der Waals surface area contributed by atoms with Gasteiger partial charge in [0.15, 0.2) is 9.84 Å². The van der Waals surface area contributed by atoms with Crippen LogP contribution in [0.2, 0.25) is 15.1 Å². The van der Waals surface area contributed by atoms with Crippen molar-refractivity contribution < 1.29 is 17.5 Å². The Hall–Kier alpha value is -1.38. The van der Waals surface area contributed by atoms with E-state index in [0.29, 0.717) is 20.6 Å². The van der Waals surface area contributed by atoms with E-state index < -0.39 is 32.4 Å². The summed E-state index contributed by atoms with van der Waals surface area (Å²) in [6, 6.07) is 6.99. The molecule has 0 spiro atoms. The van der Waals surface area contributed by atoms with Crippen LogP contribution < -0.4 is 4.74 Å². The van der Waals surface area contributed by atoms with Gasteiger partial charge in [-0.15, -0.1) is 11.3 Å². The van der Waals surface area contributed by atoms with E-state index in [4.69, 9.17) is 39.5 Å². The Morgan fingerprint density at radius 1 is 1.14 bits per heavy atom. The second-order valence-corrected chi connectivity index (χ2v) is 9.99. The van der Waals surface area contributed by atoms with Crippen molar-refractivity contribution in [2.45, 2.75) is 23.7 Å². The van der Waals surface area contributed by atoms with Crippen molar-refractivity contribution in [3.63, 3.8) is 0 Å². The fourth-order valence-electron chi connectivity index (χ4n) is 2.43. The summed E-state index contributed by atoms with van der Waals surface area (Å²) < 4.78 is 45.2. The third-order valence-corrected chi connectivity index (χ3v) is 7.47. The van der Waals surface area contributed by atoms with E-state index in [1.165, 1.54) is 17.5 Å². The zero-order chi connectivity index (χ0) is 20.5. The van der Waals surface area contributed by atoms with Crippen molar-refractivity contribution in [3.05, 3.63) is 73.4 Å². The molecule has 1 aromatic heterocycles. The summed E-state index contributed by atoms with van der Waals surface area (Å²) in [6.45, 7) is 1.72. The number of rotatable bonds is 6. The van der Waals surface area contributed by atoms with Gasteiger partial charge in [0.2, 0.25) is 0 Å². The molecule has 0 saturated carbocycles. The van der Waals surface area contributed by atoms with Crippen molar-refractivity contribution in [1.82, 2.24) is 4.98 Å². The second-order valence-electron chi connectivity index (χ2n) is 5.83. The number of benzene rings is 2. The SMILES string of the molecule is C[C@H](Oc1cc(F)c(S(=O)(=O)Cc2nccs2)cc1Cl)c1ccc(Cl)c(Cl)c1. The first-order chi connectivity index (χ1) is 13.2. The fraction of sp³-hybridized carbons (Fsp3) is 0.167. The zero-order valence-corrected chi connectivity index (χ0v) is 18.2. The quantitative estimate of drug-likeness (QED) is 0.412. The molecule has 2 aromatic carbocycles. The lowest BCUT2D eigenvalue weighted by Crippen LogP contribution is -2.09. The lowest BCUT2D eigenvalue weighted by atomic mass is 10.1. The average molecular weight is 481 g/mol. The maximum Gasteiger partial charge on any atom is 0.187 e. The summed E-state index contributed by atoms with van der Waals surface area (Å²) in [4.78, 5) is 3.42. The summed E-state index contributed by atoms with van der Waals surface area (Å²) in [6.07, 6.45) is 0.963. The maximum atomic E-state index is 14.6. The number of ether oxygens (including phenoxy) is 1. The summed E-state index contributed by atoms with van der Waals surface area (Å²) in [7, 11) is -3.94. The largest absolute Gasteiger partial charge is 0.484 e. The van der Waals surface area contributed by atoms with Crippen LogP contribution in [0.5, 0.6) is 5.75 Å². The number of thiazole rings is 1. The van der Waals surface area contributed by atoms with E-state index >= 15 is 0 Å². The molecule has 0 unspecified atom stereocenters. The van der Waals surface area contributed by atoms with Gasteiger partial charge in [0.05, 0.1) is 15.1 Å². The Bertz CT molecular complexity index is 1110. The molecule has 0 bridgehead atoms. The van der Waals surface area contributed by atoms with Crippen LogP contribution in [0.15, 0.2) is 46.8 Å². The van der Waals surface area contributed by atoms with Crippen molar-refractivity contribution in [2.24, 2.45) is 0 Å². The molecule has 0 aliphatic rings. The predicted molar refractivity (Wildman–Crippen MR) is 110 cm³/mol. The number of aromatic nitrogens is 1. The molecule has 3 rings (SSSR count). The van der Waals surface area contributed by atoms with Gasteiger partial charge in [-0.25, -0.2) is 17.8 Å². The molecule has 0 aliphatic heterocycles. The summed E-state index contributed by atoms with van der Waals surface area (Å²) in [5.74, 6) is -1.33. The van der Waals surface area contributed by atoms with E-state index in [9.17, 15) is 12.8 Å². The molecule has 1 atom stereocenters. The van der Waals surface area contributed by atoms with Crippen LogP contribution >= 0.6 is 46.1 Å². The van der Waals surface area contributed by atoms with Crippen LogP contribution in [-0.4, -0.2) is 13.4 Å². The lowest BCUT2D eigenvalue weighted by Gasteiger charge is -2.17. The highest BCUT2D eigenvalue weighted by atomic mass is 35.5. The zero-order valence-electron chi connectivity index (χ0n) is 14.3. The van der Waals surface area contributed by atoms with Gasteiger partial charge in [0.25, 0.3) is 0 Å². The highest BCUT2D eigenvalue weighted by molar-refractivity contribution is 7.90. The highest BCUT2D eigenvalue weighted by Gasteiger charge is 2.24. The number of hydrogen-bond donors (Lipinski definition) is 0. The van der Waals surface area contributed by atoms with Gasteiger partial charge in [0.1, 0.15) is 33.3 Å². The Labute approximate surface area is 180 Å². The fourth-order valence-corrected chi connectivity index (χ4v) is 5.35. The first-order valence-electron chi connectivity index (χ1n) is 7.89. The van der Waals surface area contributed by atoms with Gasteiger partial charge in [0, 0.05) is 17.6 Å². The molecule has 3 aromatic rings. The second kappa shape index (κ2) is 8.55. The summed E-state index contributed by atoms with van der Waals surface area (Å²) in [5, 5.41) is 2.75. The van der Waals surface area contributed by atoms with Crippen LogP contribution in [-0.2, 0) is 15.6 Å². The van der Waals surface area contributed by atoms with Gasteiger partial charge >= 0.3 is 0 Å². The van der Waals surface area contributed by atoms with Gasteiger partial charge < -0.3 is 4.74 Å². The van der Waals surface area contributed by atoms with Gasteiger partial charge in [-0.05, 0) is 30.7 Å². The van der Waals surface area contributed by atoms with Crippen LogP contribution in [0, 0.1) is 5.82 Å². The Kier molecular flexibility index (Phi) is 6.51. The van der Waals surface area contributed by atoms with Crippen LogP contribution in [0.1, 0.15) is 23.6 Å². The predicted octanol–water partition coefficient (Wildman–Crippen LogP) is 6.36. The van der Waals surface area contributed by atoms with Crippen LogP contribution in [0.25, 0.3) is 0 Å². The molecule has 28 heavy (non-hydrogen) atoms. The number of sulfone groups is 1. The Balaban J connectivity index is 1.86. The topological polar surface area (TPSA) is 56.3 Å². The van der Waals surface area contributed by atoms with E-state index in [-0.39, 0.29) is 10.8 Å². The molecule has 0 N–H and O–H groups in total. The normalized spacial score (nSPS) is 12.8. The van der Waals surface area contributed by atoms with Crippen LogP contribution in [0.3, 0.4) is 0 Å². The molecule has 1 heterocycles. The molecule has 4 nitrogen and oxygen atoms in total. The van der Waals surface area contributed by atoms with Gasteiger partial charge in [-0.1, -0.05) is 40.9 Å². The molecule has 0 fully saturated rings. The van der Waals surface area contributed by atoms with E-state index in [2.05, 4.69) is 4.98 Å². The molecular weight excluding hydrogens is 468 g/mol. The molecule has 0 amide bonds. The molecule has 0 saturated heterocycles. The first kappa shape index (κ1) is 21.3. The lowest BCUT2D eigenvalue weighted by molar-refractivity contribution is 0.226. The molecule has 0 aliphatic carbocycles. The third kappa shape index (κ3) is 4.78. The van der Waals surface area contributed by atoms with Gasteiger partial charge in [-0.2, -0.15) is 0 Å². The molecule has 0 radical (unpaired) electrons. The summed E-state index contributed by atoms with van der Waals surface area (Å²) >= 11 is 19.2. The third-order valence-electron chi connectivity index (χ3n) is 3.84. The monoisotopic (exact) mass is 479 g/mol. The average Bonchev–Trinajstić information content (AvgIpc) is 3.12. The molecular formula is C18H13Cl3FNO3S2. The Morgan fingerprint density at radius 2 is 1.89 bits per heavy atom. The maximum absolute atomic E-state index is 14.6. The number of halogens is 4. The van der Waals surface area contributed by atoms with E-state index in [1.807, 2.05) is 0 Å². The number of hydrogen-bond acceptors (Lipinski definition) is 5. The van der Waals surface area contributed by atoms with E-state index in [0.717, 1.165) is 12.1 Å². The minimum absolute atomic E-state index is 0.0194. The smallest absolute Gasteiger partial charge is 0.187 e. The minimum Gasteiger partial charge on any atom is -0.484 e. The van der Waals surface area contributed by atoms with Crippen LogP contribution in [0.4, 0.5) is 4.39 Å². The van der Waals surface area contributed by atoms with E-state index in [1.54, 1.807) is 30.5 Å². The Morgan fingerprint density at radius 3 is 2.54 bits per heavy atom. The molecule has 10 heteroatoms. The van der Waals surface area contributed by atoms with Crippen molar-refractivity contribution in [2.75, 3.05) is 0 Å². The standard InChI is InChI=1S/C18H13Cl3FNO3S2/c1-10(11-2-3-12(19)13(20)6-11)26-16-8-15(22)17(7-14(16)21)28(24,25)9-18-23-4-5-27-18/h2-8,10H,9H2,1H3/t10-/m0/s1. The van der Waals surface area contributed by atoms with Crippen molar-refractivity contribution >= 4 is 56.0 Å². The van der Waals surface area contributed by atoms with Crippen molar-refractivity contribution in [1.29, 1.82) is 0 Å². The first-order valence-corrected chi connectivity index (χ1v) is 11.6. The van der Waals surface area contributed by atoms with Gasteiger partial charge in [-0.3, -0.25) is 0 Å². The minimum atomic E-state index is -3.94. The molecule has 148 valence electrons. The van der Waals surface area contributed by atoms with Crippen molar-refractivity contribution in [3.8, 4) is 5.75 Å². The summed E-state index contributed by atoms with van der Waals surface area (Å²) in [5.41, 5.74) is 0.700.